The predicted octanol–water partition coefficient (Wildman–Crippen LogP) is 5.40. The first-order valence-corrected chi connectivity index (χ1v) is 16.8. The minimum atomic E-state index is -1.20. The molecular weight excluding hydrogens is 240 g/mol. The number of allylic oxidation sites excluding steroid dienone is 1. The van der Waals surface area contributed by atoms with Crippen LogP contribution in [0.1, 0.15) is 6.92 Å². The third-order valence-corrected chi connectivity index (χ3v) is 26.4. The average Bonchev–Trinajstić information content (AvgIpc) is 1.95. The van der Waals surface area contributed by atoms with Crippen LogP contribution in [-0.2, 0) is 0 Å². The Labute approximate surface area is 107 Å². The summed E-state index contributed by atoms with van der Waals surface area (Å²) in [6.45, 7) is 27.0. The fourth-order valence-electron chi connectivity index (χ4n) is 4.10. The second kappa shape index (κ2) is 4.94. The van der Waals surface area contributed by atoms with Gasteiger partial charge < -0.3 is 0 Å². The number of rotatable bonds is 5. The molecule has 0 fully saturated rings. The van der Waals surface area contributed by atoms with Gasteiger partial charge in [0.2, 0.25) is 0 Å². The van der Waals surface area contributed by atoms with Crippen molar-refractivity contribution in [2.75, 3.05) is 0 Å². The Morgan fingerprint density at radius 3 is 1.31 bits per heavy atom. The van der Waals surface area contributed by atoms with Crippen molar-refractivity contribution in [1.29, 1.82) is 0 Å². The van der Waals surface area contributed by atoms with Gasteiger partial charge in [-0.3, -0.25) is 0 Å². The molecule has 0 aliphatic carbocycles. The number of hydrogen-bond acceptors (Lipinski definition) is 0. The molecule has 0 N–H and O–H groups in total. The smallest absolute Gasteiger partial charge is 0.0519 e. The lowest BCUT2D eigenvalue weighted by Crippen LogP contribution is -2.58. The zero-order chi connectivity index (χ0) is 13.4. The van der Waals surface area contributed by atoms with Crippen molar-refractivity contribution in [2.45, 2.75) is 69.6 Å². The normalized spacial score (nSPS) is 16.4. The van der Waals surface area contributed by atoms with Crippen molar-refractivity contribution in [3.8, 4) is 0 Å². The highest BCUT2D eigenvalue weighted by Gasteiger charge is 2.49. The van der Waals surface area contributed by atoms with Crippen LogP contribution in [-0.4, -0.2) is 24.2 Å². The molecule has 0 amide bonds. The van der Waals surface area contributed by atoms with Crippen LogP contribution < -0.4 is 0 Å². The van der Waals surface area contributed by atoms with Crippen LogP contribution in [0.25, 0.3) is 0 Å². The van der Waals surface area contributed by atoms with Gasteiger partial charge in [-0.25, -0.2) is 0 Å². The summed E-state index contributed by atoms with van der Waals surface area (Å²) in [5.41, 5.74) is 0.746. The van der Waals surface area contributed by atoms with Crippen LogP contribution in [0.15, 0.2) is 12.7 Å². The van der Waals surface area contributed by atoms with E-state index in [0.29, 0.717) is 0 Å². The molecular formula is C13H32Si3. The lowest BCUT2D eigenvalue weighted by atomic mass is 10.5. The molecule has 0 aromatic rings. The van der Waals surface area contributed by atoms with Gasteiger partial charge in [0.25, 0.3) is 0 Å². The monoisotopic (exact) mass is 272 g/mol. The van der Waals surface area contributed by atoms with Crippen LogP contribution in [0, 0.1) is 0 Å². The molecule has 0 aromatic carbocycles. The molecule has 0 saturated heterocycles. The predicted molar refractivity (Wildman–Crippen MR) is 87.5 cm³/mol. The van der Waals surface area contributed by atoms with Crippen molar-refractivity contribution < 1.29 is 0 Å². The summed E-state index contributed by atoms with van der Waals surface area (Å²) in [7, 11) is -3.32. The van der Waals surface area contributed by atoms with E-state index in [2.05, 4.69) is 72.0 Å². The van der Waals surface area contributed by atoms with Gasteiger partial charge in [-0.15, -0.1) is 6.58 Å². The van der Waals surface area contributed by atoms with Gasteiger partial charge in [0.05, 0.1) is 8.07 Å². The fourth-order valence-corrected chi connectivity index (χ4v) is 35.1. The van der Waals surface area contributed by atoms with Gasteiger partial charge in [0.15, 0.2) is 0 Å². The first-order chi connectivity index (χ1) is 6.85. The molecule has 0 rings (SSSR count). The molecule has 0 aromatic heterocycles. The van der Waals surface area contributed by atoms with E-state index >= 15 is 0 Å². The molecule has 3 heteroatoms. The summed E-state index contributed by atoms with van der Waals surface area (Å²) in [4.78, 5) is 1.07. The standard InChI is InChI=1S/C13H32Si3/c1-11-12(2)16(9,10)13(14(3,4)5)15(6,7)8/h11-13H,1H2,2-10H3. The summed E-state index contributed by atoms with van der Waals surface area (Å²) in [5.74, 6) is 0. The maximum Gasteiger partial charge on any atom is 0.0519 e. The Hall–Kier alpha value is 0.391. The van der Waals surface area contributed by atoms with Gasteiger partial charge in [-0.1, -0.05) is 70.2 Å². The van der Waals surface area contributed by atoms with Crippen LogP contribution in [0.2, 0.25) is 62.7 Å². The Morgan fingerprint density at radius 1 is 0.812 bits per heavy atom. The zero-order valence-electron chi connectivity index (χ0n) is 12.9. The molecule has 0 saturated carbocycles. The van der Waals surface area contributed by atoms with Crippen molar-refractivity contribution in [2.24, 2.45) is 0 Å². The molecule has 0 aliphatic rings. The van der Waals surface area contributed by atoms with E-state index in [1.54, 1.807) is 0 Å². The first-order valence-electron chi connectivity index (χ1n) is 6.47. The summed E-state index contributed by atoms with van der Waals surface area (Å²) >= 11 is 0. The molecule has 0 aliphatic heterocycles. The van der Waals surface area contributed by atoms with Crippen molar-refractivity contribution in [3.05, 3.63) is 12.7 Å². The van der Waals surface area contributed by atoms with E-state index in [4.69, 9.17) is 0 Å². The van der Waals surface area contributed by atoms with Crippen LogP contribution >= 0.6 is 0 Å². The average molecular weight is 273 g/mol. The SMILES string of the molecule is C=CC(C)[Si](C)(C)C([Si](C)(C)C)[Si](C)(C)C. The first kappa shape index (κ1) is 16.4. The van der Waals surface area contributed by atoms with Crippen molar-refractivity contribution in [1.82, 2.24) is 0 Å². The third-order valence-electron chi connectivity index (χ3n) is 4.00. The quantitative estimate of drug-likeness (QED) is 0.464. The summed E-state index contributed by atoms with van der Waals surface area (Å²) < 4.78 is 0. The van der Waals surface area contributed by atoms with E-state index in [-0.39, 0.29) is 0 Å². The van der Waals surface area contributed by atoms with Gasteiger partial charge in [0, 0.05) is 16.1 Å². The van der Waals surface area contributed by atoms with Gasteiger partial charge in [-0.2, -0.15) is 0 Å². The maximum absolute atomic E-state index is 4.04. The Morgan fingerprint density at radius 2 is 1.12 bits per heavy atom. The molecule has 0 radical (unpaired) electrons. The molecule has 0 heterocycles. The molecule has 1 atom stereocenters. The van der Waals surface area contributed by atoms with Crippen LogP contribution in [0.3, 0.4) is 0 Å². The van der Waals surface area contributed by atoms with Crippen molar-refractivity contribution in [3.63, 3.8) is 0 Å². The van der Waals surface area contributed by atoms with E-state index < -0.39 is 24.2 Å². The van der Waals surface area contributed by atoms with E-state index in [1.807, 2.05) is 0 Å². The zero-order valence-corrected chi connectivity index (χ0v) is 15.9. The molecule has 0 nitrogen and oxygen atoms in total. The summed E-state index contributed by atoms with van der Waals surface area (Å²) in [6.07, 6.45) is 2.21. The van der Waals surface area contributed by atoms with Gasteiger partial charge in [0.1, 0.15) is 0 Å². The summed E-state index contributed by atoms with van der Waals surface area (Å²) in [5, 5.41) is 0. The van der Waals surface area contributed by atoms with E-state index in [9.17, 15) is 0 Å². The largest absolute Gasteiger partial charge is 0.103 e. The van der Waals surface area contributed by atoms with Crippen LogP contribution in [0.5, 0.6) is 0 Å². The highest BCUT2D eigenvalue weighted by Crippen LogP contribution is 2.45. The van der Waals surface area contributed by atoms with Gasteiger partial charge >= 0.3 is 0 Å². The maximum atomic E-state index is 4.04. The third kappa shape index (κ3) is 3.70. The molecule has 1 unspecified atom stereocenters. The fraction of sp³-hybridized carbons (Fsp3) is 0.846. The molecule has 96 valence electrons. The summed E-state index contributed by atoms with van der Waals surface area (Å²) in [6, 6.07) is 0. The molecule has 0 bridgehead atoms. The van der Waals surface area contributed by atoms with E-state index in [0.717, 1.165) is 10.3 Å². The highest BCUT2D eigenvalue weighted by molar-refractivity contribution is 7.13. The lowest BCUT2D eigenvalue weighted by Gasteiger charge is -2.50. The Balaban J connectivity index is 5.45. The molecule has 16 heavy (non-hydrogen) atoms. The minimum absolute atomic E-state index is 0.746. The Kier molecular flexibility index (Phi) is 5.06. The second-order valence-corrected chi connectivity index (χ2v) is 25.5. The van der Waals surface area contributed by atoms with E-state index in [1.165, 1.54) is 0 Å². The minimum Gasteiger partial charge on any atom is -0.103 e. The topological polar surface area (TPSA) is 0 Å². The Bertz CT molecular complexity index is 229. The molecule has 0 spiro atoms. The van der Waals surface area contributed by atoms with Crippen molar-refractivity contribution >= 4 is 24.2 Å². The van der Waals surface area contributed by atoms with Gasteiger partial charge in [-0.05, 0) is 5.54 Å². The second-order valence-electron chi connectivity index (χ2n) is 8.01. The van der Waals surface area contributed by atoms with Crippen LogP contribution in [0.4, 0.5) is 0 Å². The lowest BCUT2D eigenvalue weighted by molar-refractivity contribution is 1.09. The highest BCUT2D eigenvalue weighted by atomic mass is 28.5. The number of hydrogen-bond donors (Lipinski definition) is 0.